The zero-order valence-electron chi connectivity index (χ0n) is 11.3. The first-order valence-corrected chi connectivity index (χ1v) is 7.19. The maximum Gasteiger partial charge on any atom is 0.338 e. The highest BCUT2D eigenvalue weighted by Crippen LogP contribution is 2.34. The quantitative estimate of drug-likeness (QED) is 0.682. The lowest BCUT2D eigenvalue weighted by molar-refractivity contribution is -0.384. The van der Waals surface area contributed by atoms with Crippen molar-refractivity contribution in [3.8, 4) is 0 Å². The maximum absolute atomic E-state index is 11.3. The Bertz CT molecular complexity index is 559. The van der Waals surface area contributed by atoms with Crippen LogP contribution in [-0.4, -0.2) is 39.6 Å². The first kappa shape index (κ1) is 14.6. The van der Waals surface area contributed by atoms with E-state index in [1.165, 1.54) is 12.1 Å². The van der Waals surface area contributed by atoms with Gasteiger partial charge in [-0.15, -0.1) is 0 Å². The predicted octanol–water partition coefficient (Wildman–Crippen LogP) is 2.62. The Labute approximate surface area is 120 Å². The molecular formula is C13H16N2O4S. The molecule has 1 heterocycles. The third-order valence-corrected chi connectivity index (χ3v) is 4.48. The highest BCUT2D eigenvalue weighted by molar-refractivity contribution is 8.00. The summed E-state index contributed by atoms with van der Waals surface area (Å²) < 4.78 is 0.0375. The van der Waals surface area contributed by atoms with E-state index < -0.39 is 10.9 Å². The molecule has 0 aliphatic carbocycles. The molecule has 1 aromatic carbocycles. The number of carboxylic acids is 1. The number of aromatic carboxylic acids is 1. The normalized spacial score (nSPS) is 17.8. The standard InChI is InChI=1S/C13H16N2O4S/c1-13(2)8-14(5-6-20-13)11-4-3-9(15(18)19)7-10(11)12(16)17/h3-4,7H,5-6,8H2,1-2H3,(H,16,17). The third-order valence-electron chi connectivity index (χ3n) is 3.19. The Morgan fingerprint density at radius 2 is 2.20 bits per heavy atom. The Kier molecular flexibility index (Phi) is 3.89. The number of nitro benzene ring substituents is 1. The largest absolute Gasteiger partial charge is 0.478 e. The molecule has 1 aromatic rings. The Morgan fingerprint density at radius 1 is 1.50 bits per heavy atom. The van der Waals surface area contributed by atoms with Gasteiger partial charge in [-0.1, -0.05) is 0 Å². The topological polar surface area (TPSA) is 83.7 Å². The molecule has 108 valence electrons. The van der Waals surface area contributed by atoms with Crippen molar-refractivity contribution < 1.29 is 14.8 Å². The van der Waals surface area contributed by atoms with Gasteiger partial charge in [-0.3, -0.25) is 10.1 Å². The lowest BCUT2D eigenvalue weighted by Gasteiger charge is -2.39. The average molecular weight is 296 g/mol. The van der Waals surface area contributed by atoms with E-state index in [0.717, 1.165) is 24.9 Å². The van der Waals surface area contributed by atoms with Gasteiger partial charge in [-0.05, 0) is 19.9 Å². The Hall–Kier alpha value is -1.76. The molecule has 0 saturated carbocycles. The van der Waals surface area contributed by atoms with E-state index in [1.54, 1.807) is 0 Å². The summed E-state index contributed by atoms with van der Waals surface area (Å²) in [5, 5.41) is 20.0. The summed E-state index contributed by atoms with van der Waals surface area (Å²) in [5.41, 5.74) is 0.343. The number of carbonyl (C=O) groups is 1. The van der Waals surface area contributed by atoms with Gasteiger partial charge in [-0.2, -0.15) is 11.8 Å². The number of hydrogen-bond acceptors (Lipinski definition) is 5. The molecule has 1 fully saturated rings. The Morgan fingerprint density at radius 3 is 2.75 bits per heavy atom. The molecule has 1 aliphatic heterocycles. The second-order valence-corrected chi connectivity index (χ2v) is 7.10. The van der Waals surface area contributed by atoms with Crippen molar-refractivity contribution in [1.29, 1.82) is 0 Å². The summed E-state index contributed by atoms with van der Waals surface area (Å²) in [6.45, 7) is 5.67. The second kappa shape index (κ2) is 5.32. The van der Waals surface area contributed by atoms with Crippen LogP contribution in [0.2, 0.25) is 0 Å². The fraction of sp³-hybridized carbons (Fsp3) is 0.462. The van der Waals surface area contributed by atoms with Crippen LogP contribution in [-0.2, 0) is 0 Å². The van der Waals surface area contributed by atoms with Crippen LogP contribution in [0.15, 0.2) is 18.2 Å². The minimum atomic E-state index is -1.14. The lowest BCUT2D eigenvalue weighted by atomic mass is 10.1. The van der Waals surface area contributed by atoms with Gasteiger partial charge < -0.3 is 10.0 Å². The molecule has 1 N–H and O–H groups in total. The van der Waals surface area contributed by atoms with Gasteiger partial charge in [0.05, 0.1) is 16.2 Å². The zero-order valence-corrected chi connectivity index (χ0v) is 12.1. The van der Waals surface area contributed by atoms with E-state index in [1.807, 2.05) is 16.7 Å². The van der Waals surface area contributed by atoms with Crippen LogP contribution in [0.3, 0.4) is 0 Å². The van der Waals surface area contributed by atoms with Crippen LogP contribution in [0.25, 0.3) is 0 Å². The fourth-order valence-electron chi connectivity index (χ4n) is 2.31. The molecule has 0 amide bonds. The number of non-ortho nitro benzene ring substituents is 1. The van der Waals surface area contributed by atoms with E-state index in [9.17, 15) is 20.0 Å². The van der Waals surface area contributed by atoms with Gasteiger partial charge in [0.15, 0.2) is 0 Å². The van der Waals surface area contributed by atoms with Crippen LogP contribution in [0, 0.1) is 10.1 Å². The predicted molar refractivity (Wildman–Crippen MR) is 78.8 cm³/mol. The monoisotopic (exact) mass is 296 g/mol. The van der Waals surface area contributed by atoms with Crippen LogP contribution in [0.5, 0.6) is 0 Å². The van der Waals surface area contributed by atoms with E-state index in [2.05, 4.69) is 13.8 Å². The van der Waals surface area contributed by atoms with Crippen molar-refractivity contribution in [3.05, 3.63) is 33.9 Å². The van der Waals surface area contributed by atoms with Crippen LogP contribution < -0.4 is 4.90 Å². The van der Waals surface area contributed by atoms with Crippen molar-refractivity contribution in [2.75, 3.05) is 23.7 Å². The zero-order chi connectivity index (χ0) is 14.9. The molecule has 0 spiro atoms. The summed E-state index contributed by atoms with van der Waals surface area (Å²) in [7, 11) is 0. The summed E-state index contributed by atoms with van der Waals surface area (Å²) in [6.07, 6.45) is 0. The smallest absolute Gasteiger partial charge is 0.338 e. The highest BCUT2D eigenvalue weighted by atomic mass is 32.2. The summed E-state index contributed by atoms with van der Waals surface area (Å²) >= 11 is 1.84. The molecule has 0 aromatic heterocycles. The number of carboxylic acid groups (broad SMARTS) is 1. The van der Waals surface area contributed by atoms with Gasteiger partial charge >= 0.3 is 5.97 Å². The molecule has 2 rings (SSSR count). The molecule has 6 nitrogen and oxygen atoms in total. The first-order valence-electron chi connectivity index (χ1n) is 6.21. The molecular weight excluding hydrogens is 280 g/mol. The number of benzene rings is 1. The highest BCUT2D eigenvalue weighted by Gasteiger charge is 2.29. The van der Waals surface area contributed by atoms with Crippen molar-refractivity contribution in [3.63, 3.8) is 0 Å². The minimum absolute atomic E-state index is 0.0121. The average Bonchev–Trinajstić information content (AvgIpc) is 2.36. The third kappa shape index (κ3) is 3.04. The summed E-state index contributed by atoms with van der Waals surface area (Å²) in [5.74, 6) is -0.233. The number of anilines is 1. The van der Waals surface area contributed by atoms with Crippen LogP contribution in [0.1, 0.15) is 24.2 Å². The molecule has 0 unspecified atom stereocenters. The van der Waals surface area contributed by atoms with Gasteiger partial charge in [0.1, 0.15) is 0 Å². The second-order valence-electron chi connectivity index (χ2n) is 5.29. The molecule has 0 atom stereocenters. The number of nitro groups is 1. The minimum Gasteiger partial charge on any atom is -0.478 e. The van der Waals surface area contributed by atoms with Gasteiger partial charge in [-0.25, -0.2) is 4.79 Å². The number of nitrogens with zero attached hydrogens (tertiary/aromatic N) is 2. The number of rotatable bonds is 3. The molecule has 0 bridgehead atoms. The van der Waals surface area contributed by atoms with Gasteiger partial charge in [0.25, 0.3) is 5.69 Å². The molecule has 20 heavy (non-hydrogen) atoms. The van der Waals surface area contributed by atoms with Crippen LogP contribution >= 0.6 is 11.8 Å². The van der Waals surface area contributed by atoms with E-state index in [4.69, 9.17) is 0 Å². The summed E-state index contributed by atoms with van der Waals surface area (Å²) in [6, 6.07) is 4.02. The van der Waals surface area contributed by atoms with Gasteiger partial charge in [0.2, 0.25) is 0 Å². The molecule has 0 radical (unpaired) electrons. The molecule has 1 aliphatic rings. The van der Waals surface area contributed by atoms with Crippen molar-refractivity contribution in [2.24, 2.45) is 0 Å². The van der Waals surface area contributed by atoms with Crippen molar-refractivity contribution in [1.82, 2.24) is 0 Å². The van der Waals surface area contributed by atoms with Crippen LogP contribution in [0.4, 0.5) is 11.4 Å². The number of thioether (sulfide) groups is 1. The van der Waals surface area contributed by atoms with E-state index in [0.29, 0.717) is 5.69 Å². The maximum atomic E-state index is 11.3. The summed E-state index contributed by atoms with van der Waals surface area (Å²) in [4.78, 5) is 23.5. The lowest BCUT2D eigenvalue weighted by Crippen LogP contribution is -2.43. The van der Waals surface area contributed by atoms with Crippen molar-refractivity contribution in [2.45, 2.75) is 18.6 Å². The molecule has 1 saturated heterocycles. The first-order chi connectivity index (χ1) is 9.30. The Balaban J connectivity index is 2.40. The van der Waals surface area contributed by atoms with Gasteiger partial charge in [0, 0.05) is 35.7 Å². The number of hydrogen-bond donors (Lipinski definition) is 1. The molecule has 7 heteroatoms. The fourth-order valence-corrected chi connectivity index (χ4v) is 3.42. The SMILES string of the molecule is CC1(C)CN(c2ccc([N+](=O)[O-])cc2C(=O)O)CCS1. The van der Waals surface area contributed by atoms with Crippen molar-refractivity contribution >= 4 is 29.1 Å². The van der Waals surface area contributed by atoms with E-state index >= 15 is 0 Å². The van der Waals surface area contributed by atoms with E-state index in [-0.39, 0.29) is 16.0 Å².